The van der Waals surface area contributed by atoms with Gasteiger partial charge in [-0.1, -0.05) is 6.08 Å². The number of carbonyl (C=O) groups excluding carboxylic acids is 1. The highest BCUT2D eigenvalue weighted by Crippen LogP contribution is 2.19. The predicted octanol–water partition coefficient (Wildman–Crippen LogP) is 1.56. The SMILES string of the molecule is C=CCNCC(=O)Nc1ccncc1Br. The Morgan fingerprint density at radius 3 is 3.13 bits per heavy atom. The molecular weight excluding hydrogens is 258 g/mol. The van der Waals surface area contributed by atoms with Gasteiger partial charge in [-0.05, 0) is 22.0 Å². The summed E-state index contributed by atoms with van der Waals surface area (Å²) in [7, 11) is 0. The van der Waals surface area contributed by atoms with E-state index < -0.39 is 0 Å². The van der Waals surface area contributed by atoms with E-state index in [9.17, 15) is 4.79 Å². The minimum Gasteiger partial charge on any atom is -0.324 e. The van der Waals surface area contributed by atoms with Crippen LogP contribution < -0.4 is 10.6 Å². The third-order valence-corrected chi connectivity index (χ3v) is 2.25. The lowest BCUT2D eigenvalue weighted by molar-refractivity contribution is -0.115. The summed E-state index contributed by atoms with van der Waals surface area (Å²) in [4.78, 5) is 15.3. The van der Waals surface area contributed by atoms with Crippen LogP contribution in [0.5, 0.6) is 0 Å². The molecule has 0 aromatic carbocycles. The van der Waals surface area contributed by atoms with Gasteiger partial charge in [0.1, 0.15) is 0 Å². The van der Waals surface area contributed by atoms with E-state index in [1.807, 2.05) is 0 Å². The van der Waals surface area contributed by atoms with E-state index in [-0.39, 0.29) is 12.5 Å². The number of amides is 1. The molecule has 0 aliphatic rings. The van der Waals surface area contributed by atoms with Crippen molar-refractivity contribution in [3.05, 3.63) is 35.6 Å². The zero-order chi connectivity index (χ0) is 11.1. The van der Waals surface area contributed by atoms with Crippen LogP contribution in [0.4, 0.5) is 5.69 Å². The molecule has 1 aromatic rings. The monoisotopic (exact) mass is 269 g/mol. The first-order valence-electron chi connectivity index (χ1n) is 4.45. The quantitative estimate of drug-likeness (QED) is 0.630. The average Bonchev–Trinajstić information content (AvgIpc) is 2.22. The first-order chi connectivity index (χ1) is 7.24. The van der Waals surface area contributed by atoms with E-state index in [0.717, 1.165) is 10.2 Å². The smallest absolute Gasteiger partial charge is 0.238 e. The Kier molecular flexibility index (Phi) is 5.00. The Labute approximate surface area is 96.9 Å². The highest BCUT2D eigenvalue weighted by molar-refractivity contribution is 9.10. The van der Waals surface area contributed by atoms with Crippen LogP contribution in [0.3, 0.4) is 0 Å². The van der Waals surface area contributed by atoms with E-state index in [2.05, 4.69) is 38.1 Å². The lowest BCUT2D eigenvalue weighted by Crippen LogP contribution is -2.28. The van der Waals surface area contributed by atoms with Crippen molar-refractivity contribution in [1.82, 2.24) is 10.3 Å². The van der Waals surface area contributed by atoms with Gasteiger partial charge in [-0.2, -0.15) is 0 Å². The normalized spacial score (nSPS) is 9.67. The number of halogens is 1. The molecule has 0 saturated carbocycles. The number of nitrogens with one attached hydrogen (secondary N) is 2. The Bertz CT molecular complexity index is 354. The summed E-state index contributed by atoms with van der Waals surface area (Å²) in [6.07, 6.45) is 4.96. The molecule has 1 aromatic heterocycles. The fourth-order valence-electron chi connectivity index (χ4n) is 0.959. The summed E-state index contributed by atoms with van der Waals surface area (Å²) in [6, 6.07) is 1.73. The van der Waals surface area contributed by atoms with Gasteiger partial charge in [0.05, 0.1) is 16.7 Å². The van der Waals surface area contributed by atoms with E-state index in [0.29, 0.717) is 6.54 Å². The average molecular weight is 270 g/mol. The van der Waals surface area contributed by atoms with Gasteiger partial charge in [0, 0.05) is 18.9 Å². The fourth-order valence-corrected chi connectivity index (χ4v) is 1.31. The summed E-state index contributed by atoms with van der Waals surface area (Å²) < 4.78 is 0.766. The maximum atomic E-state index is 11.4. The predicted molar refractivity (Wildman–Crippen MR) is 63.6 cm³/mol. The van der Waals surface area contributed by atoms with Gasteiger partial charge in [-0.25, -0.2) is 0 Å². The van der Waals surface area contributed by atoms with E-state index in [1.54, 1.807) is 24.5 Å². The molecule has 0 atom stereocenters. The molecule has 4 nitrogen and oxygen atoms in total. The lowest BCUT2D eigenvalue weighted by atomic mass is 10.4. The van der Waals surface area contributed by atoms with Gasteiger partial charge in [0.25, 0.3) is 0 Å². The van der Waals surface area contributed by atoms with Crippen molar-refractivity contribution in [1.29, 1.82) is 0 Å². The van der Waals surface area contributed by atoms with Crippen LogP contribution in [-0.4, -0.2) is 24.0 Å². The highest BCUT2D eigenvalue weighted by atomic mass is 79.9. The maximum absolute atomic E-state index is 11.4. The van der Waals surface area contributed by atoms with Gasteiger partial charge in [-0.3, -0.25) is 9.78 Å². The van der Waals surface area contributed by atoms with Crippen LogP contribution in [0.1, 0.15) is 0 Å². The van der Waals surface area contributed by atoms with Crippen LogP contribution in [0, 0.1) is 0 Å². The Morgan fingerprint density at radius 1 is 1.67 bits per heavy atom. The van der Waals surface area contributed by atoms with Gasteiger partial charge < -0.3 is 10.6 Å². The number of aromatic nitrogens is 1. The number of hydrogen-bond donors (Lipinski definition) is 2. The van der Waals surface area contributed by atoms with Gasteiger partial charge in [0.2, 0.25) is 5.91 Å². The molecular formula is C10H12BrN3O. The third kappa shape index (κ3) is 4.22. The minimum atomic E-state index is -0.0937. The zero-order valence-electron chi connectivity index (χ0n) is 8.16. The molecule has 0 unspecified atom stereocenters. The lowest BCUT2D eigenvalue weighted by Gasteiger charge is -2.06. The largest absolute Gasteiger partial charge is 0.324 e. The molecule has 0 aliphatic heterocycles. The summed E-state index contributed by atoms with van der Waals surface area (Å²) in [5, 5.41) is 5.66. The first-order valence-corrected chi connectivity index (χ1v) is 5.24. The summed E-state index contributed by atoms with van der Waals surface area (Å²) in [5.74, 6) is -0.0937. The molecule has 0 fully saturated rings. The highest BCUT2D eigenvalue weighted by Gasteiger charge is 2.03. The van der Waals surface area contributed by atoms with Gasteiger partial charge in [0.15, 0.2) is 0 Å². The Balaban J connectivity index is 2.44. The third-order valence-electron chi connectivity index (χ3n) is 1.62. The molecule has 2 N–H and O–H groups in total. The molecule has 1 heterocycles. The van der Waals surface area contributed by atoms with Crippen LogP contribution in [0.2, 0.25) is 0 Å². The fraction of sp³-hybridized carbons (Fsp3) is 0.200. The number of pyridine rings is 1. The molecule has 0 spiro atoms. The minimum absolute atomic E-state index is 0.0937. The second-order valence-electron chi connectivity index (χ2n) is 2.82. The molecule has 1 amide bonds. The first kappa shape index (κ1) is 11.9. The van der Waals surface area contributed by atoms with Crippen LogP contribution >= 0.6 is 15.9 Å². The van der Waals surface area contributed by atoms with Crippen molar-refractivity contribution in [2.24, 2.45) is 0 Å². The second kappa shape index (κ2) is 6.31. The van der Waals surface area contributed by atoms with Crippen LogP contribution in [0.15, 0.2) is 35.6 Å². The maximum Gasteiger partial charge on any atom is 0.238 e. The molecule has 5 heteroatoms. The van der Waals surface area contributed by atoms with Crippen LogP contribution in [-0.2, 0) is 4.79 Å². The topological polar surface area (TPSA) is 54.0 Å². The molecule has 0 aliphatic carbocycles. The van der Waals surface area contributed by atoms with Crippen molar-refractivity contribution < 1.29 is 4.79 Å². The van der Waals surface area contributed by atoms with E-state index >= 15 is 0 Å². The zero-order valence-corrected chi connectivity index (χ0v) is 9.75. The summed E-state index contributed by atoms with van der Waals surface area (Å²) in [6.45, 7) is 4.43. The molecule has 0 bridgehead atoms. The Morgan fingerprint density at radius 2 is 2.47 bits per heavy atom. The molecule has 0 radical (unpaired) electrons. The van der Waals surface area contributed by atoms with E-state index in [4.69, 9.17) is 0 Å². The van der Waals surface area contributed by atoms with Gasteiger partial charge in [-0.15, -0.1) is 6.58 Å². The molecule has 1 rings (SSSR count). The number of carbonyl (C=O) groups is 1. The molecule has 0 saturated heterocycles. The second-order valence-corrected chi connectivity index (χ2v) is 3.68. The number of hydrogen-bond acceptors (Lipinski definition) is 3. The standard InChI is InChI=1S/C10H12BrN3O/c1-2-4-12-7-10(15)14-9-3-5-13-6-8(9)11/h2-3,5-6,12H,1,4,7H2,(H,13,14,15). The summed E-state index contributed by atoms with van der Waals surface area (Å²) >= 11 is 3.29. The molecule has 80 valence electrons. The Hall–Kier alpha value is -1.20. The molecule has 15 heavy (non-hydrogen) atoms. The van der Waals surface area contributed by atoms with Crippen molar-refractivity contribution >= 4 is 27.5 Å². The number of nitrogens with zero attached hydrogens (tertiary/aromatic N) is 1. The van der Waals surface area contributed by atoms with Crippen molar-refractivity contribution in [3.63, 3.8) is 0 Å². The van der Waals surface area contributed by atoms with Crippen LogP contribution in [0.25, 0.3) is 0 Å². The van der Waals surface area contributed by atoms with E-state index in [1.165, 1.54) is 0 Å². The van der Waals surface area contributed by atoms with Crippen molar-refractivity contribution in [3.8, 4) is 0 Å². The summed E-state index contributed by atoms with van der Waals surface area (Å²) in [5.41, 5.74) is 0.718. The number of anilines is 1. The number of rotatable bonds is 5. The van der Waals surface area contributed by atoms with Crippen molar-refractivity contribution in [2.75, 3.05) is 18.4 Å². The van der Waals surface area contributed by atoms with Crippen molar-refractivity contribution in [2.45, 2.75) is 0 Å². The van der Waals surface area contributed by atoms with Gasteiger partial charge >= 0.3 is 0 Å².